The lowest BCUT2D eigenvalue weighted by Crippen LogP contribution is -2.47. The highest BCUT2D eigenvalue weighted by Crippen LogP contribution is 1.92. The molecule has 3 N–H and O–H groups in total. The number of aliphatic hydroxyl groups is 1. The van der Waals surface area contributed by atoms with Crippen molar-refractivity contribution in [2.45, 2.75) is 26.0 Å². The van der Waals surface area contributed by atoms with Gasteiger partial charge in [-0.25, -0.2) is 4.79 Å². The Morgan fingerprint density at radius 1 is 1.46 bits per heavy atom. The van der Waals surface area contributed by atoms with Crippen molar-refractivity contribution in [1.29, 1.82) is 0 Å². The van der Waals surface area contributed by atoms with E-state index in [1.807, 2.05) is 0 Å². The molecule has 0 aliphatic heterocycles. The summed E-state index contributed by atoms with van der Waals surface area (Å²) < 4.78 is 0. The summed E-state index contributed by atoms with van der Waals surface area (Å²) in [5.41, 5.74) is 0. The van der Waals surface area contributed by atoms with E-state index in [1.165, 1.54) is 13.8 Å². The second-order valence-corrected chi connectivity index (χ2v) is 2.40. The van der Waals surface area contributed by atoms with Crippen molar-refractivity contribution in [3.05, 3.63) is 0 Å². The summed E-state index contributed by atoms with van der Waals surface area (Å²) in [5, 5.41) is 19.5. The molecule has 0 aliphatic carbocycles. The van der Waals surface area contributed by atoms with Gasteiger partial charge in [-0.3, -0.25) is 4.79 Å². The van der Waals surface area contributed by atoms with E-state index in [1.54, 1.807) is 0 Å². The quantitative estimate of drug-likeness (QED) is 0.490. The van der Waals surface area contributed by atoms with Crippen molar-refractivity contribution in [2.24, 2.45) is 0 Å². The lowest BCUT2D eigenvalue weighted by Gasteiger charge is -2.14. The molecule has 0 aromatic heterocycles. The Morgan fingerprint density at radius 3 is 2.31 bits per heavy atom. The van der Waals surface area contributed by atoms with E-state index in [9.17, 15) is 9.59 Å². The Balaban J connectivity index is 4.32. The zero-order valence-electron chi connectivity index (χ0n) is 7.37. The standard InChI is InChI=1S/C8H11NO4/c1-3-4-6(11)9-7(5(2)10)8(12)13/h5,7,10H,1-2H3,(H,9,11)(H,12,13)/t5-,7+/m1/s1. The van der Waals surface area contributed by atoms with Crippen molar-refractivity contribution in [3.8, 4) is 11.8 Å². The first kappa shape index (κ1) is 11.5. The highest BCUT2D eigenvalue weighted by Gasteiger charge is 2.23. The average Bonchev–Trinajstić information content (AvgIpc) is 1.99. The molecular weight excluding hydrogens is 174 g/mol. The third-order valence-corrected chi connectivity index (χ3v) is 1.27. The van der Waals surface area contributed by atoms with Gasteiger partial charge in [-0.05, 0) is 19.8 Å². The number of hydrogen-bond acceptors (Lipinski definition) is 3. The zero-order chi connectivity index (χ0) is 10.4. The maximum atomic E-state index is 10.8. The van der Waals surface area contributed by atoms with Gasteiger partial charge in [0.25, 0.3) is 5.91 Å². The number of carbonyl (C=O) groups is 2. The minimum atomic E-state index is -1.31. The SMILES string of the molecule is CC#CC(=O)N[C@H](C(=O)O)[C@@H](C)O. The van der Waals surface area contributed by atoms with Crippen LogP contribution in [0.25, 0.3) is 0 Å². The van der Waals surface area contributed by atoms with Gasteiger partial charge < -0.3 is 15.5 Å². The molecule has 5 heteroatoms. The summed E-state index contributed by atoms with van der Waals surface area (Å²) in [4.78, 5) is 21.3. The molecule has 0 saturated heterocycles. The summed E-state index contributed by atoms with van der Waals surface area (Å²) >= 11 is 0. The van der Waals surface area contributed by atoms with Crippen LogP contribution in [0.3, 0.4) is 0 Å². The van der Waals surface area contributed by atoms with E-state index < -0.39 is 24.0 Å². The monoisotopic (exact) mass is 185 g/mol. The van der Waals surface area contributed by atoms with Gasteiger partial charge in [0, 0.05) is 0 Å². The highest BCUT2D eigenvalue weighted by molar-refractivity contribution is 5.96. The van der Waals surface area contributed by atoms with Crippen LogP contribution in [0.15, 0.2) is 0 Å². The van der Waals surface area contributed by atoms with Crippen LogP contribution in [0.5, 0.6) is 0 Å². The molecule has 0 aromatic rings. The van der Waals surface area contributed by atoms with Gasteiger partial charge in [-0.15, -0.1) is 0 Å². The smallest absolute Gasteiger partial charge is 0.328 e. The number of carbonyl (C=O) groups excluding carboxylic acids is 1. The van der Waals surface area contributed by atoms with E-state index in [4.69, 9.17) is 10.2 Å². The maximum Gasteiger partial charge on any atom is 0.328 e. The lowest BCUT2D eigenvalue weighted by molar-refractivity contribution is -0.144. The third-order valence-electron chi connectivity index (χ3n) is 1.27. The van der Waals surface area contributed by atoms with Gasteiger partial charge in [0.05, 0.1) is 6.10 Å². The number of carboxylic acids is 1. The molecule has 13 heavy (non-hydrogen) atoms. The van der Waals surface area contributed by atoms with Crippen LogP contribution in [0.2, 0.25) is 0 Å². The van der Waals surface area contributed by atoms with E-state index in [2.05, 4.69) is 17.2 Å². The van der Waals surface area contributed by atoms with Crippen LogP contribution >= 0.6 is 0 Å². The Labute approximate surface area is 75.8 Å². The van der Waals surface area contributed by atoms with Gasteiger partial charge in [0.15, 0.2) is 6.04 Å². The predicted molar refractivity (Wildman–Crippen MR) is 44.7 cm³/mol. The van der Waals surface area contributed by atoms with Crippen LogP contribution in [0.1, 0.15) is 13.8 Å². The highest BCUT2D eigenvalue weighted by atomic mass is 16.4. The number of rotatable bonds is 3. The predicted octanol–water partition coefficient (Wildman–Crippen LogP) is -1.04. The fourth-order valence-corrected chi connectivity index (χ4v) is 0.680. The molecule has 0 radical (unpaired) electrons. The normalized spacial score (nSPS) is 13.5. The van der Waals surface area contributed by atoms with Gasteiger partial charge >= 0.3 is 5.97 Å². The molecule has 0 heterocycles. The summed E-state index contributed by atoms with van der Waals surface area (Å²) in [5.74, 6) is 2.42. The second-order valence-electron chi connectivity index (χ2n) is 2.40. The Bertz CT molecular complexity index is 261. The first-order chi connectivity index (χ1) is 5.99. The molecule has 5 nitrogen and oxygen atoms in total. The van der Waals surface area contributed by atoms with E-state index in [-0.39, 0.29) is 0 Å². The molecule has 0 spiro atoms. The first-order valence-corrected chi connectivity index (χ1v) is 3.63. The largest absolute Gasteiger partial charge is 0.480 e. The summed E-state index contributed by atoms with van der Waals surface area (Å²) in [6, 6.07) is -1.31. The minimum Gasteiger partial charge on any atom is -0.480 e. The summed E-state index contributed by atoms with van der Waals surface area (Å²) in [6.45, 7) is 2.73. The summed E-state index contributed by atoms with van der Waals surface area (Å²) in [7, 11) is 0. The molecule has 0 unspecified atom stereocenters. The van der Waals surface area contributed by atoms with E-state index in [0.29, 0.717) is 0 Å². The van der Waals surface area contributed by atoms with Crippen LogP contribution < -0.4 is 5.32 Å². The van der Waals surface area contributed by atoms with Crippen LogP contribution in [0, 0.1) is 11.8 Å². The number of nitrogens with one attached hydrogen (secondary N) is 1. The lowest BCUT2D eigenvalue weighted by atomic mass is 10.2. The van der Waals surface area contributed by atoms with E-state index >= 15 is 0 Å². The average molecular weight is 185 g/mol. The maximum absolute atomic E-state index is 10.8. The molecule has 1 amide bonds. The molecule has 0 aromatic carbocycles. The van der Waals surface area contributed by atoms with Crippen LogP contribution in [-0.4, -0.2) is 34.2 Å². The molecular formula is C8H11NO4. The molecule has 0 saturated carbocycles. The topological polar surface area (TPSA) is 86.6 Å². The molecule has 0 aliphatic rings. The van der Waals surface area contributed by atoms with Gasteiger partial charge in [-0.2, -0.15) is 0 Å². The second kappa shape index (κ2) is 5.17. The first-order valence-electron chi connectivity index (χ1n) is 3.63. The van der Waals surface area contributed by atoms with Gasteiger partial charge in [0.2, 0.25) is 0 Å². The van der Waals surface area contributed by atoms with Crippen molar-refractivity contribution in [3.63, 3.8) is 0 Å². The fourth-order valence-electron chi connectivity index (χ4n) is 0.680. The number of amides is 1. The Hall–Kier alpha value is -1.54. The molecule has 72 valence electrons. The Kier molecular flexibility index (Phi) is 4.55. The van der Waals surface area contributed by atoms with Crippen molar-refractivity contribution < 1.29 is 19.8 Å². The number of aliphatic hydroxyl groups excluding tert-OH is 1. The zero-order valence-corrected chi connectivity index (χ0v) is 7.37. The minimum absolute atomic E-state index is 0.712. The van der Waals surface area contributed by atoms with Crippen LogP contribution in [-0.2, 0) is 9.59 Å². The summed E-state index contributed by atoms with van der Waals surface area (Å²) in [6.07, 6.45) is -1.15. The van der Waals surface area contributed by atoms with Gasteiger partial charge in [0.1, 0.15) is 0 Å². The van der Waals surface area contributed by atoms with E-state index in [0.717, 1.165) is 0 Å². The van der Waals surface area contributed by atoms with Crippen molar-refractivity contribution >= 4 is 11.9 Å². The number of hydrogen-bond donors (Lipinski definition) is 3. The van der Waals surface area contributed by atoms with Crippen molar-refractivity contribution in [1.82, 2.24) is 5.32 Å². The molecule has 2 atom stereocenters. The van der Waals surface area contributed by atoms with Crippen LogP contribution in [0.4, 0.5) is 0 Å². The van der Waals surface area contributed by atoms with Crippen molar-refractivity contribution in [2.75, 3.05) is 0 Å². The van der Waals surface area contributed by atoms with Gasteiger partial charge in [-0.1, -0.05) is 5.92 Å². The molecule has 0 bridgehead atoms. The number of carboxylic acid groups (broad SMARTS) is 1. The third kappa shape index (κ3) is 4.13. The Morgan fingerprint density at radius 2 is 2.00 bits per heavy atom. The molecule has 0 fully saturated rings. The molecule has 0 rings (SSSR count). The fraction of sp³-hybridized carbons (Fsp3) is 0.500. The number of aliphatic carboxylic acids is 1.